The molecule has 0 unspecified atom stereocenters. The van der Waals surface area contributed by atoms with Gasteiger partial charge in [0.05, 0.1) is 5.56 Å². The van der Waals surface area contributed by atoms with Crippen LogP contribution in [-0.4, -0.2) is 0 Å². The van der Waals surface area contributed by atoms with Crippen LogP contribution >= 0.6 is 27.5 Å². The van der Waals surface area contributed by atoms with Crippen molar-refractivity contribution in [2.45, 2.75) is 6.18 Å². The third-order valence-electron chi connectivity index (χ3n) is 3.65. The molecule has 0 aliphatic carbocycles. The third kappa shape index (κ3) is 3.50. The number of hydrogen-bond acceptors (Lipinski definition) is 0. The molecule has 0 aliphatic rings. The van der Waals surface area contributed by atoms with Gasteiger partial charge in [-0.1, -0.05) is 70.0 Å². The Labute approximate surface area is 151 Å². The monoisotopic (exact) mass is 410 g/mol. The Kier molecular flexibility index (Phi) is 4.70. The summed E-state index contributed by atoms with van der Waals surface area (Å²) in [6.45, 7) is 0. The first kappa shape index (κ1) is 17.1. The van der Waals surface area contributed by atoms with Crippen molar-refractivity contribution in [2.24, 2.45) is 0 Å². The first-order chi connectivity index (χ1) is 11.4. The van der Waals surface area contributed by atoms with Gasteiger partial charge in [-0.05, 0) is 46.5 Å². The van der Waals surface area contributed by atoms with Gasteiger partial charge in [0, 0.05) is 9.50 Å². The highest BCUT2D eigenvalue weighted by Gasteiger charge is 2.33. The van der Waals surface area contributed by atoms with Gasteiger partial charge in [0.15, 0.2) is 0 Å². The van der Waals surface area contributed by atoms with E-state index in [0.717, 1.165) is 17.2 Å². The standard InChI is InChI=1S/C19H11BrClF3/c20-18-11-13(15-6-1-2-7-17(15)19(22,23)24)8-9-16(18)12-4-3-5-14(21)10-12/h1-11H. The van der Waals surface area contributed by atoms with Crippen molar-refractivity contribution in [1.29, 1.82) is 0 Å². The van der Waals surface area contributed by atoms with Gasteiger partial charge in [0.1, 0.15) is 0 Å². The largest absolute Gasteiger partial charge is 0.417 e. The zero-order chi connectivity index (χ0) is 17.3. The van der Waals surface area contributed by atoms with E-state index in [1.807, 2.05) is 18.2 Å². The molecule has 0 radical (unpaired) electrons. The van der Waals surface area contributed by atoms with Crippen molar-refractivity contribution in [3.63, 3.8) is 0 Å². The molecule has 0 saturated heterocycles. The molecular weight excluding hydrogens is 401 g/mol. The molecule has 0 N–H and O–H groups in total. The van der Waals surface area contributed by atoms with Gasteiger partial charge >= 0.3 is 6.18 Å². The summed E-state index contributed by atoms with van der Waals surface area (Å²) in [5.41, 5.74) is 1.77. The van der Waals surface area contributed by atoms with Gasteiger partial charge in [-0.2, -0.15) is 13.2 Å². The van der Waals surface area contributed by atoms with Crippen LogP contribution in [0.4, 0.5) is 13.2 Å². The highest BCUT2D eigenvalue weighted by molar-refractivity contribution is 9.10. The van der Waals surface area contributed by atoms with Crippen LogP contribution in [0.15, 0.2) is 71.2 Å². The van der Waals surface area contributed by atoms with E-state index >= 15 is 0 Å². The van der Waals surface area contributed by atoms with Gasteiger partial charge in [-0.3, -0.25) is 0 Å². The summed E-state index contributed by atoms with van der Waals surface area (Å²) >= 11 is 9.46. The lowest BCUT2D eigenvalue weighted by atomic mass is 9.97. The topological polar surface area (TPSA) is 0 Å². The van der Waals surface area contributed by atoms with Crippen LogP contribution in [0, 0.1) is 0 Å². The molecule has 0 fully saturated rings. The van der Waals surface area contributed by atoms with E-state index in [9.17, 15) is 13.2 Å². The molecule has 0 heterocycles. The average molecular weight is 412 g/mol. The van der Waals surface area contributed by atoms with Crippen molar-refractivity contribution >= 4 is 27.5 Å². The van der Waals surface area contributed by atoms with Crippen LogP contribution in [0.3, 0.4) is 0 Å². The second-order valence-corrected chi connectivity index (χ2v) is 6.54. The molecule has 3 aromatic rings. The number of alkyl halides is 3. The van der Waals surface area contributed by atoms with Gasteiger partial charge in [-0.15, -0.1) is 0 Å². The minimum Gasteiger partial charge on any atom is -0.166 e. The predicted molar refractivity (Wildman–Crippen MR) is 95.0 cm³/mol. The van der Waals surface area contributed by atoms with Crippen LogP contribution < -0.4 is 0 Å². The molecule has 3 rings (SSSR count). The average Bonchev–Trinajstić information content (AvgIpc) is 2.54. The molecule has 0 aromatic heterocycles. The molecule has 5 heteroatoms. The Bertz CT molecular complexity index is 888. The Hall–Kier alpha value is -1.78. The van der Waals surface area contributed by atoms with E-state index in [1.54, 1.807) is 30.3 Å². The van der Waals surface area contributed by atoms with E-state index in [-0.39, 0.29) is 5.56 Å². The van der Waals surface area contributed by atoms with E-state index < -0.39 is 11.7 Å². The summed E-state index contributed by atoms with van der Waals surface area (Å²) in [5, 5.41) is 0.603. The number of halogens is 5. The van der Waals surface area contributed by atoms with Crippen molar-refractivity contribution in [2.75, 3.05) is 0 Å². The van der Waals surface area contributed by atoms with Crippen molar-refractivity contribution in [3.05, 3.63) is 81.8 Å². The lowest BCUT2D eigenvalue weighted by molar-refractivity contribution is -0.137. The first-order valence-electron chi connectivity index (χ1n) is 7.08. The van der Waals surface area contributed by atoms with Gasteiger partial charge in [-0.25, -0.2) is 0 Å². The van der Waals surface area contributed by atoms with Gasteiger partial charge in [0.25, 0.3) is 0 Å². The minimum atomic E-state index is -4.39. The fraction of sp³-hybridized carbons (Fsp3) is 0.0526. The Morgan fingerprint density at radius 1 is 0.750 bits per heavy atom. The summed E-state index contributed by atoms with van der Waals surface area (Å²) in [5.74, 6) is 0. The normalized spacial score (nSPS) is 11.5. The van der Waals surface area contributed by atoms with E-state index in [2.05, 4.69) is 15.9 Å². The molecule has 0 saturated carbocycles. The zero-order valence-corrected chi connectivity index (χ0v) is 14.6. The zero-order valence-electron chi connectivity index (χ0n) is 12.2. The fourth-order valence-electron chi connectivity index (χ4n) is 2.55. The molecule has 0 aliphatic heterocycles. The maximum atomic E-state index is 13.2. The highest BCUT2D eigenvalue weighted by Crippen LogP contribution is 2.39. The van der Waals surface area contributed by atoms with E-state index in [1.165, 1.54) is 12.1 Å². The number of benzene rings is 3. The Morgan fingerprint density at radius 2 is 1.46 bits per heavy atom. The van der Waals surface area contributed by atoms with Gasteiger partial charge in [0.2, 0.25) is 0 Å². The number of hydrogen-bond donors (Lipinski definition) is 0. The quantitative estimate of drug-likeness (QED) is 0.410. The molecule has 0 amide bonds. The van der Waals surface area contributed by atoms with Crippen molar-refractivity contribution in [1.82, 2.24) is 0 Å². The molecule has 3 aromatic carbocycles. The van der Waals surface area contributed by atoms with Crippen molar-refractivity contribution in [3.8, 4) is 22.3 Å². The SMILES string of the molecule is FC(F)(F)c1ccccc1-c1ccc(-c2cccc(Cl)c2)c(Br)c1. The molecular formula is C19H11BrClF3. The Balaban J connectivity index is 2.09. The molecule has 122 valence electrons. The van der Waals surface area contributed by atoms with Crippen LogP contribution in [0.25, 0.3) is 22.3 Å². The summed E-state index contributed by atoms with van der Waals surface area (Å²) in [7, 11) is 0. The van der Waals surface area contributed by atoms with E-state index in [4.69, 9.17) is 11.6 Å². The fourth-order valence-corrected chi connectivity index (χ4v) is 3.35. The summed E-state index contributed by atoms with van der Waals surface area (Å²) in [4.78, 5) is 0. The van der Waals surface area contributed by atoms with Crippen LogP contribution in [0.1, 0.15) is 5.56 Å². The Morgan fingerprint density at radius 3 is 2.12 bits per heavy atom. The molecule has 24 heavy (non-hydrogen) atoms. The molecule has 0 nitrogen and oxygen atoms in total. The molecule has 0 spiro atoms. The second kappa shape index (κ2) is 6.61. The minimum absolute atomic E-state index is 0.156. The van der Waals surface area contributed by atoms with Gasteiger partial charge < -0.3 is 0 Å². The second-order valence-electron chi connectivity index (χ2n) is 5.25. The first-order valence-corrected chi connectivity index (χ1v) is 8.25. The lowest BCUT2D eigenvalue weighted by Gasteiger charge is -2.14. The smallest absolute Gasteiger partial charge is 0.166 e. The predicted octanol–water partition coefficient (Wildman–Crippen LogP) is 7.46. The van der Waals surface area contributed by atoms with Crippen molar-refractivity contribution < 1.29 is 13.2 Å². The highest BCUT2D eigenvalue weighted by atomic mass is 79.9. The maximum Gasteiger partial charge on any atom is 0.417 e. The number of rotatable bonds is 2. The summed E-state index contributed by atoms with van der Waals surface area (Å²) in [6, 6.07) is 18.0. The van der Waals surface area contributed by atoms with E-state index in [0.29, 0.717) is 15.1 Å². The lowest BCUT2D eigenvalue weighted by Crippen LogP contribution is -2.06. The van der Waals surface area contributed by atoms with Crippen LogP contribution in [-0.2, 0) is 6.18 Å². The molecule has 0 bridgehead atoms. The summed E-state index contributed by atoms with van der Waals surface area (Å²) < 4.78 is 40.3. The maximum absolute atomic E-state index is 13.2. The third-order valence-corrected chi connectivity index (χ3v) is 4.54. The summed E-state index contributed by atoms with van der Waals surface area (Å²) in [6.07, 6.45) is -4.39. The molecule has 0 atom stereocenters. The van der Waals surface area contributed by atoms with Crippen LogP contribution in [0.5, 0.6) is 0 Å². The van der Waals surface area contributed by atoms with Crippen LogP contribution in [0.2, 0.25) is 5.02 Å².